The molecule has 0 bridgehead atoms. The van der Waals surface area contributed by atoms with Crippen LogP contribution in [0.15, 0.2) is 36.4 Å². The number of hydrogen-bond acceptors (Lipinski definition) is 3. The van der Waals surface area contributed by atoms with Crippen LogP contribution >= 0.6 is 22.9 Å². The van der Waals surface area contributed by atoms with Crippen molar-refractivity contribution >= 4 is 22.9 Å². The molecule has 0 aliphatic heterocycles. The van der Waals surface area contributed by atoms with Gasteiger partial charge in [0.2, 0.25) is 0 Å². The summed E-state index contributed by atoms with van der Waals surface area (Å²) in [6.07, 6.45) is 0. The third kappa shape index (κ3) is 3.98. The summed E-state index contributed by atoms with van der Waals surface area (Å²) in [5.74, 6) is 1.40. The van der Waals surface area contributed by atoms with E-state index in [4.69, 9.17) is 16.3 Å². The van der Waals surface area contributed by atoms with Crippen molar-refractivity contribution in [2.45, 2.75) is 26.4 Å². The second-order valence-electron chi connectivity index (χ2n) is 5.08. The van der Waals surface area contributed by atoms with Crippen LogP contribution < -0.4 is 10.1 Å². The van der Waals surface area contributed by atoms with E-state index in [0.717, 1.165) is 16.6 Å². The van der Waals surface area contributed by atoms with E-state index < -0.39 is 0 Å². The minimum atomic E-state index is 0.321. The van der Waals surface area contributed by atoms with E-state index in [1.54, 1.807) is 18.4 Å². The molecule has 0 spiro atoms. The summed E-state index contributed by atoms with van der Waals surface area (Å²) in [6, 6.07) is 12.6. The summed E-state index contributed by atoms with van der Waals surface area (Å²) in [4.78, 5) is 1.26. The second-order valence-corrected chi connectivity index (χ2v) is 6.88. The van der Waals surface area contributed by atoms with Gasteiger partial charge in [0, 0.05) is 17.5 Å². The molecule has 0 saturated heterocycles. The summed E-state index contributed by atoms with van der Waals surface area (Å²) >= 11 is 7.59. The zero-order valence-electron chi connectivity index (χ0n) is 12.0. The summed E-state index contributed by atoms with van der Waals surface area (Å²) in [6.45, 7) is 5.29. The lowest BCUT2D eigenvalue weighted by Gasteiger charge is -2.23. The van der Waals surface area contributed by atoms with Crippen LogP contribution in [0.3, 0.4) is 0 Å². The quantitative estimate of drug-likeness (QED) is 0.819. The lowest BCUT2D eigenvalue weighted by atomic mass is 9.96. The van der Waals surface area contributed by atoms with Gasteiger partial charge in [-0.1, -0.05) is 37.6 Å². The molecular weight excluding hydrogens is 290 g/mol. The van der Waals surface area contributed by atoms with Crippen molar-refractivity contribution < 1.29 is 4.74 Å². The molecule has 108 valence electrons. The molecule has 0 fully saturated rings. The summed E-state index contributed by atoms with van der Waals surface area (Å²) in [5.41, 5.74) is 1.28. The maximum Gasteiger partial charge on any atom is 0.118 e. The Morgan fingerprint density at radius 2 is 1.85 bits per heavy atom. The Morgan fingerprint density at radius 1 is 1.15 bits per heavy atom. The summed E-state index contributed by atoms with van der Waals surface area (Å²) in [7, 11) is 1.69. The van der Waals surface area contributed by atoms with E-state index in [-0.39, 0.29) is 0 Å². The maximum atomic E-state index is 5.97. The minimum Gasteiger partial charge on any atom is -0.497 e. The molecular formula is C16H20ClNOS. The zero-order valence-corrected chi connectivity index (χ0v) is 13.6. The molecule has 2 aromatic rings. The van der Waals surface area contributed by atoms with Crippen LogP contribution in [0.4, 0.5) is 0 Å². The van der Waals surface area contributed by atoms with E-state index in [1.165, 1.54) is 10.4 Å². The smallest absolute Gasteiger partial charge is 0.118 e. The number of halogens is 1. The number of thiophene rings is 1. The predicted octanol–water partition coefficient (Wildman–Crippen LogP) is 4.90. The van der Waals surface area contributed by atoms with Gasteiger partial charge in [-0.3, -0.25) is 0 Å². The largest absolute Gasteiger partial charge is 0.497 e. The van der Waals surface area contributed by atoms with Crippen molar-refractivity contribution in [2.75, 3.05) is 7.11 Å². The number of methoxy groups -OCH3 is 1. The fraction of sp³-hybridized carbons (Fsp3) is 0.375. The van der Waals surface area contributed by atoms with Gasteiger partial charge in [0.15, 0.2) is 0 Å². The number of hydrogen-bond donors (Lipinski definition) is 1. The Bertz CT molecular complexity index is 536. The molecule has 2 rings (SSSR count). The highest BCUT2D eigenvalue weighted by atomic mass is 35.5. The molecule has 0 radical (unpaired) electrons. The predicted molar refractivity (Wildman–Crippen MR) is 86.7 cm³/mol. The summed E-state index contributed by atoms with van der Waals surface area (Å²) < 4.78 is 6.05. The van der Waals surface area contributed by atoms with Crippen LogP contribution in [-0.2, 0) is 6.54 Å². The standard InChI is InChI=1S/C16H20ClNOS/c1-11(2)16(12-4-6-13(19-3)7-5-12)18-10-14-8-9-15(17)20-14/h4-9,11,16,18H,10H2,1-3H3. The van der Waals surface area contributed by atoms with Gasteiger partial charge in [0.25, 0.3) is 0 Å². The molecule has 0 aliphatic carbocycles. The third-order valence-corrected chi connectivity index (χ3v) is 4.50. The van der Waals surface area contributed by atoms with E-state index in [1.807, 2.05) is 18.2 Å². The molecule has 1 unspecified atom stereocenters. The van der Waals surface area contributed by atoms with Crippen LogP contribution in [0.1, 0.15) is 30.3 Å². The fourth-order valence-corrected chi connectivity index (χ4v) is 3.25. The highest BCUT2D eigenvalue weighted by Crippen LogP contribution is 2.26. The first kappa shape index (κ1) is 15.4. The lowest BCUT2D eigenvalue weighted by molar-refractivity contribution is 0.405. The van der Waals surface area contributed by atoms with Gasteiger partial charge >= 0.3 is 0 Å². The number of benzene rings is 1. The topological polar surface area (TPSA) is 21.3 Å². The number of nitrogens with one attached hydrogen (secondary N) is 1. The molecule has 4 heteroatoms. The summed E-state index contributed by atoms with van der Waals surface area (Å²) in [5, 5.41) is 3.61. The maximum absolute atomic E-state index is 5.97. The van der Waals surface area contributed by atoms with Crippen molar-refractivity contribution in [1.82, 2.24) is 5.32 Å². The first-order valence-corrected chi connectivity index (χ1v) is 7.91. The highest BCUT2D eigenvalue weighted by Gasteiger charge is 2.15. The Labute approximate surface area is 129 Å². The van der Waals surface area contributed by atoms with E-state index in [9.17, 15) is 0 Å². The Balaban J connectivity index is 2.06. The molecule has 0 aliphatic rings. The monoisotopic (exact) mass is 309 g/mol. The zero-order chi connectivity index (χ0) is 14.5. The van der Waals surface area contributed by atoms with E-state index in [0.29, 0.717) is 12.0 Å². The van der Waals surface area contributed by atoms with E-state index in [2.05, 4.69) is 37.4 Å². The SMILES string of the molecule is COc1ccc(C(NCc2ccc(Cl)s2)C(C)C)cc1. The van der Waals surface area contributed by atoms with Crippen molar-refractivity contribution in [3.63, 3.8) is 0 Å². The second kappa shape index (κ2) is 7.11. The number of rotatable bonds is 6. The molecule has 1 aromatic heterocycles. The average Bonchev–Trinajstić information content (AvgIpc) is 2.85. The van der Waals surface area contributed by atoms with Gasteiger partial charge in [-0.15, -0.1) is 11.3 Å². The molecule has 0 saturated carbocycles. The Morgan fingerprint density at radius 3 is 2.35 bits per heavy atom. The Kier molecular flexibility index (Phi) is 5.46. The molecule has 1 aromatic carbocycles. The van der Waals surface area contributed by atoms with Gasteiger partial charge in [0.05, 0.1) is 11.4 Å². The van der Waals surface area contributed by atoms with Gasteiger partial charge in [-0.25, -0.2) is 0 Å². The third-order valence-electron chi connectivity index (χ3n) is 3.27. The first-order chi connectivity index (χ1) is 9.60. The van der Waals surface area contributed by atoms with Crippen molar-refractivity contribution in [2.24, 2.45) is 5.92 Å². The number of ether oxygens (including phenoxy) is 1. The highest BCUT2D eigenvalue weighted by molar-refractivity contribution is 7.16. The minimum absolute atomic E-state index is 0.321. The molecule has 1 heterocycles. The van der Waals surface area contributed by atoms with Crippen LogP contribution in [0.5, 0.6) is 5.75 Å². The molecule has 20 heavy (non-hydrogen) atoms. The van der Waals surface area contributed by atoms with Gasteiger partial charge in [-0.05, 0) is 35.7 Å². The van der Waals surface area contributed by atoms with Crippen LogP contribution in [0, 0.1) is 5.92 Å². The fourth-order valence-electron chi connectivity index (χ4n) is 2.21. The first-order valence-electron chi connectivity index (χ1n) is 6.71. The van der Waals surface area contributed by atoms with Crippen LogP contribution in [0.2, 0.25) is 4.34 Å². The van der Waals surface area contributed by atoms with Crippen LogP contribution in [0.25, 0.3) is 0 Å². The van der Waals surface area contributed by atoms with Gasteiger partial charge in [0.1, 0.15) is 5.75 Å². The van der Waals surface area contributed by atoms with E-state index >= 15 is 0 Å². The van der Waals surface area contributed by atoms with Crippen molar-refractivity contribution in [1.29, 1.82) is 0 Å². The lowest BCUT2D eigenvalue weighted by Crippen LogP contribution is -2.25. The van der Waals surface area contributed by atoms with Gasteiger partial charge in [-0.2, -0.15) is 0 Å². The van der Waals surface area contributed by atoms with Gasteiger partial charge < -0.3 is 10.1 Å². The normalized spacial score (nSPS) is 12.7. The molecule has 0 amide bonds. The molecule has 1 atom stereocenters. The Hall–Kier alpha value is -1.03. The molecule has 1 N–H and O–H groups in total. The van der Waals surface area contributed by atoms with Crippen molar-refractivity contribution in [3.05, 3.63) is 51.2 Å². The van der Waals surface area contributed by atoms with Crippen LogP contribution in [-0.4, -0.2) is 7.11 Å². The average molecular weight is 310 g/mol. The molecule has 2 nitrogen and oxygen atoms in total. The van der Waals surface area contributed by atoms with Crippen molar-refractivity contribution in [3.8, 4) is 5.75 Å².